The van der Waals surface area contributed by atoms with Gasteiger partial charge in [0.15, 0.2) is 0 Å². The number of nitro groups is 1. The number of allylic oxidation sites excluding steroid dienone is 2. The first-order valence-corrected chi connectivity index (χ1v) is 5.49. The van der Waals surface area contributed by atoms with Crippen LogP contribution >= 0.6 is 0 Å². The predicted molar refractivity (Wildman–Crippen MR) is 69.1 cm³/mol. The van der Waals surface area contributed by atoms with Crippen molar-refractivity contribution >= 4 is 17.1 Å². The van der Waals surface area contributed by atoms with Crippen molar-refractivity contribution in [1.82, 2.24) is 0 Å². The molecule has 0 bridgehead atoms. The second-order valence-corrected chi connectivity index (χ2v) is 3.85. The first kappa shape index (κ1) is 12.2. The van der Waals surface area contributed by atoms with Gasteiger partial charge in [-0.3, -0.25) is 15.1 Å². The number of aliphatic imine (C=N–C) groups is 1. The second-order valence-electron chi connectivity index (χ2n) is 3.85. The number of nitrogens with zero attached hydrogens (tertiary/aromatic N) is 2. The van der Waals surface area contributed by atoms with Crippen molar-refractivity contribution in [1.29, 1.82) is 0 Å². The van der Waals surface area contributed by atoms with E-state index in [-0.39, 0.29) is 12.3 Å². The van der Waals surface area contributed by atoms with E-state index in [2.05, 4.69) is 4.99 Å². The van der Waals surface area contributed by atoms with Crippen LogP contribution in [-0.2, 0) is 0 Å². The van der Waals surface area contributed by atoms with Gasteiger partial charge in [0.25, 0.3) is 5.69 Å². The molecule has 0 fully saturated rings. The summed E-state index contributed by atoms with van der Waals surface area (Å²) >= 11 is 0. The lowest BCUT2D eigenvalue weighted by Crippen LogP contribution is -1.99. The van der Waals surface area contributed by atoms with E-state index >= 15 is 0 Å². The number of benzene rings is 1. The van der Waals surface area contributed by atoms with Gasteiger partial charge in [-0.2, -0.15) is 0 Å². The Morgan fingerprint density at radius 1 is 1.28 bits per heavy atom. The van der Waals surface area contributed by atoms with Gasteiger partial charge < -0.3 is 5.11 Å². The molecule has 1 aliphatic carbocycles. The molecule has 0 saturated carbocycles. The van der Waals surface area contributed by atoms with Crippen molar-refractivity contribution in [3.8, 4) is 0 Å². The molecule has 0 unspecified atom stereocenters. The fraction of sp³-hybridized carbons (Fsp3) is 0.154. The SMILES string of the molecule is O=[N+]([O-])c1ccc(N=C2C=CC(CO)=CC2)cc1. The number of rotatable bonds is 3. The maximum Gasteiger partial charge on any atom is 0.269 e. The Balaban J connectivity index is 2.13. The molecule has 0 aromatic heterocycles. The van der Waals surface area contributed by atoms with Crippen LogP contribution in [0.5, 0.6) is 0 Å². The first-order chi connectivity index (χ1) is 8.69. The van der Waals surface area contributed by atoms with Gasteiger partial charge >= 0.3 is 0 Å². The third-order valence-electron chi connectivity index (χ3n) is 2.58. The number of hydrogen-bond donors (Lipinski definition) is 1. The molecule has 2 rings (SSSR count). The van der Waals surface area contributed by atoms with Gasteiger partial charge in [0.1, 0.15) is 0 Å². The summed E-state index contributed by atoms with van der Waals surface area (Å²) < 4.78 is 0. The zero-order valence-electron chi connectivity index (χ0n) is 9.61. The molecule has 1 aliphatic rings. The van der Waals surface area contributed by atoms with Crippen LogP contribution in [-0.4, -0.2) is 22.3 Å². The fourth-order valence-electron chi connectivity index (χ4n) is 1.59. The van der Waals surface area contributed by atoms with Crippen molar-refractivity contribution in [3.05, 3.63) is 58.2 Å². The number of nitro benzene ring substituents is 1. The minimum absolute atomic E-state index is 0.0291. The van der Waals surface area contributed by atoms with E-state index in [1.165, 1.54) is 12.1 Å². The van der Waals surface area contributed by atoms with Crippen molar-refractivity contribution in [3.63, 3.8) is 0 Å². The summed E-state index contributed by atoms with van der Waals surface area (Å²) in [5, 5.41) is 19.4. The van der Waals surface area contributed by atoms with Crippen LogP contribution in [0.25, 0.3) is 0 Å². The summed E-state index contributed by atoms with van der Waals surface area (Å²) in [5.41, 5.74) is 2.47. The molecule has 1 N–H and O–H groups in total. The highest BCUT2D eigenvalue weighted by Crippen LogP contribution is 2.19. The average molecular weight is 244 g/mol. The Morgan fingerprint density at radius 3 is 2.50 bits per heavy atom. The van der Waals surface area contributed by atoms with Gasteiger partial charge in [0, 0.05) is 24.3 Å². The lowest BCUT2D eigenvalue weighted by molar-refractivity contribution is -0.384. The Labute approximate surface area is 104 Å². The second kappa shape index (κ2) is 5.37. The Morgan fingerprint density at radius 2 is 2.00 bits per heavy atom. The molecule has 0 aliphatic heterocycles. The smallest absolute Gasteiger partial charge is 0.269 e. The molecular weight excluding hydrogens is 232 g/mol. The van der Waals surface area contributed by atoms with Gasteiger partial charge in [-0.15, -0.1) is 0 Å². The van der Waals surface area contributed by atoms with Crippen molar-refractivity contribution in [2.45, 2.75) is 6.42 Å². The summed E-state index contributed by atoms with van der Waals surface area (Å²) in [7, 11) is 0. The van der Waals surface area contributed by atoms with Crippen LogP contribution in [0.4, 0.5) is 11.4 Å². The molecule has 0 spiro atoms. The maximum atomic E-state index is 10.5. The van der Waals surface area contributed by atoms with E-state index in [4.69, 9.17) is 5.11 Å². The number of hydrogen-bond acceptors (Lipinski definition) is 4. The van der Waals surface area contributed by atoms with Crippen LogP contribution in [0, 0.1) is 10.1 Å². The fourth-order valence-corrected chi connectivity index (χ4v) is 1.59. The molecule has 1 aromatic carbocycles. The summed E-state index contributed by atoms with van der Waals surface area (Å²) in [4.78, 5) is 14.4. The van der Waals surface area contributed by atoms with Crippen LogP contribution in [0.1, 0.15) is 6.42 Å². The Kier molecular flexibility index (Phi) is 3.64. The number of aliphatic hydroxyl groups excluding tert-OH is 1. The minimum Gasteiger partial charge on any atom is -0.392 e. The zero-order chi connectivity index (χ0) is 13.0. The lowest BCUT2D eigenvalue weighted by atomic mass is 10.1. The minimum atomic E-state index is -0.437. The van der Waals surface area contributed by atoms with Gasteiger partial charge in [-0.25, -0.2) is 0 Å². The highest BCUT2D eigenvalue weighted by atomic mass is 16.6. The molecule has 0 radical (unpaired) electrons. The molecule has 0 saturated heterocycles. The number of aliphatic hydroxyl groups is 1. The van der Waals surface area contributed by atoms with Gasteiger partial charge in [0.05, 0.1) is 17.2 Å². The monoisotopic (exact) mass is 244 g/mol. The zero-order valence-corrected chi connectivity index (χ0v) is 9.61. The van der Waals surface area contributed by atoms with Crippen LogP contribution in [0.3, 0.4) is 0 Å². The summed E-state index contributed by atoms with van der Waals surface area (Å²) in [6, 6.07) is 6.09. The van der Waals surface area contributed by atoms with Crippen molar-refractivity contribution in [2.24, 2.45) is 4.99 Å². The Hall–Kier alpha value is -2.27. The number of non-ortho nitro benzene ring substituents is 1. The molecule has 5 nitrogen and oxygen atoms in total. The first-order valence-electron chi connectivity index (χ1n) is 5.49. The van der Waals surface area contributed by atoms with Gasteiger partial charge in [0.2, 0.25) is 0 Å². The van der Waals surface area contributed by atoms with E-state index in [1.807, 2.05) is 18.2 Å². The normalized spacial score (nSPS) is 16.7. The summed E-state index contributed by atoms with van der Waals surface area (Å²) in [6.45, 7) is 0.0291. The van der Waals surface area contributed by atoms with E-state index in [9.17, 15) is 10.1 Å². The summed E-state index contributed by atoms with van der Waals surface area (Å²) in [5.74, 6) is 0. The highest BCUT2D eigenvalue weighted by Gasteiger charge is 2.05. The van der Waals surface area contributed by atoms with E-state index in [0.717, 1.165) is 11.3 Å². The molecule has 1 aromatic rings. The molecule has 92 valence electrons. The quantitative estimate of drug-likeness (QED) is 0.655. The molecule has 5 heteroatoms. The third kappa shape index (κ3) is 2.89. The van der Waals surface area contributed by atoms with Gasteiger partial charge in [-0.1, -0.05) is 12.2 Å². The van der Waals surface area contributed by atoms with Crippen molar-refractivity contribution in [2.75, 3.05) is 6.61 Å². The largest absolute Gasteiger partial charge is 0.392 e. The molecule has 0 heterocycles. The van der Waals surface area contributed by atoms with E-state index < -0.39 is 4.92 Å². The van der Waals surface area contributed by atoms with Crippen LogP contribution in [0.2, 0.25) is 0 Å². The van der Waals surface area contributed by atoms with Gasteiger partial charge in [-0.05, 0) is 23.8 Å². The predicted octanol–water partition coefficient (Wildman–Crippen LogP) is 2.55. The van der Waals surface area contributed by atoms with Crippen molar-refractivity contribution < 1.29 is 10.0 Å². The summed E-state index contributed by atoms with van der Waals surface area (Å²) in [6.07, 6.45) is 6.22. The topological polar surface area (TPSA) is 75.7 Å². The lowest BCUT2D eigenvalue weighted by Gasteiger charge is -2.06. The van der Waals surface area contributed by atoms with E-state index in [0.29, 0.717) is 12.1 Å². The third-order valence-corrected chi connectivity index (χ3v) is 2.58. The molecular formula is C13H12N2O3. The van der Waals surface area contributed by atoms with Crippen LogP contribution < -0.4 is 0 Å². The molecule has 18 heavy (non-hydrogen) atoms. The van der Waals surface area contributed by atoms with Crippen LogP contribution in [0.15, 0.2) is 53.1 Å². The average Bonchev–Trinajstić information content (AvgIpc) is 2.40. The molecule has 0 amide bonds. The maximum absolute atomic E-state index is 10.5. The molecule has 0 atom stereocenters. The highest BCUT2D eigenvalue weighted by molar-refractivity contribution is 5.99. The standard InChI is InChI=1S/C13H12N2O3/c16-9-10-1-3-11(4-2-10)14-12-5-7-13(8-6-12)15(17)18/h1-3,5-8,16H,4,9H2. The van der Waals surface area contributed by atoms with E-state index in [1.54, 1.807) is 12.1 Å². The Bertz CT molecular complexity index is 542.